The number of benzene rings is 2. The number of hydrogen-bond donors (Lipinski definition) is 1. The minimum atomic E-state index is -4.45. The highest BCUT2D eigenvalue weighted by Gasteiger charge is 2.31. The average molecular weight is 389 g/mol. The van der Waals surface area contributed by atoms with Gasteiger partial charge in [0.05, 0.1) is 25.3 Å². The van der Waals surface area contributed by atoms with E-state index in [0.29, 0.717) is 17.2 Å². The molecule has 2 heterocycles. The van der Waals surface area contributed by atoms with Crippen LogP contribution in [0.5, 0.6) is 11.5 Å². The summed E-state index contributed by atoms with van der Waals surface area (Å²) in [6.45, 7) is 0. The number of ether oxygens (including phenoxy) is 2. The molecule has 0 aliphatic carbocycles. The number of H-pyrrole nitrogens is 1. The summed E-state index contributed by atoms with van der Waals surface area (Å²) in [7, 11) is 3.09. The summed E-state index contributed by atoms with van der Waals surface area (Å²) in [5.41, 5.74) is 0.633. The van der Waals surface area contributed by atoms with Crippen molar-refractivity contribution in [3.05, 3.63) is 48.0 Å². The largest absolute Gasteiger partial charge is 0.497 e. The highest BCUT2D eigenvalue weighted by Crippen LogP contribution is 2.35. The second-order valence-electron chi connectivity index (χ2n) is 5.96. The minimum Gasteiger partial charge on any atom is -0.497 e. The van der Waals surface area contributed by atoms with Gasteiger partial charge in [0.1, 0.15) is 17.2 Å². The maximum atomic E-state index is 12.9. The molecule has 0 saturated carbocycles. The molecule has 0 fully saturated rings. The third kappa shape index (κ3) is 3.15. The summed E-state index contributed by atoms with van der Waals surface area (Å²) in [6.07, 6.45) is -4.45. The molecule has 0 aliphatic rings. The molecule has 2 aromatic carbocycles. The number of nitrogens with zero attached hydrogens (tertiary/aromatic N) is 2. The second kappa shape index (κ2) is 6.59. The van der Waals surface area contributed by atoms with Crippen molar-refractivity contribution in [1.82, 2.24) is 15.2 Å². The highest BCUT2D eigenvalue weighted by molar-refractivity contribution is 5.91. The third-order valence-electron chi connectivity index (χ3n) is 4.22. The first-order valence-electron chi connectivity index (χ1n) is 8.15. The molecule has 144 valence electrons. The molecule has 0 saturated heterocycles. The molecule has 6 nitrogen and oxygen atoms in total. The van der Waals surface area contributed by atoms with Gasteiger partial charge in [-0.1, -0.05) is 6.07 Å². The Morgan fingerprint density at radius 2 is 1.75 bits per heavy atom. The van der Waals surface area contributed by atoms with Crippen LogP contribution in [0.4, 0.5) is 13.2 Å². The van der Waals surface area contributed by atoms with Gasteiger partial charge in [-0.15, -0.1) is 10.2 Å². The molecule has 1 N–H and O–H groups in total. The fourth-order valence-corrected chi connectivity index (χ4v) is 2.86. The highest BCUT2D eigenvalue weighted by atomic mass is 19.4. The summed E-state index contributed by atoms with van der Waals surface area (Å²) in [6, 6.07) is 10.0. The fourth-order valence-electron chi connectivity index (χ4n) is 2.86. The standard InChI is InChI=1S/C19H14F3N3O3/c1-26-12-7-14-13(16(8-12)27-2)9-15(23-14)18-25-24-17(28-18)10-4-3-5-11(6-10)19(20,21)22/h3-9,23H,1-2H3. The van der Waals surface area contributed by atoms with Gasteiger partial charge in [-0.2, -0.15) is 13.2 Å². The molecule has 0 atom stereocenters. The quantitative estimate of drug-likeness (QED) is 0.536. The van der Waals surface area contributed by atoms with E-state index in [1.165, 1.54) is 12.1 Å². The molecular formula is C19H14F3N3O3. The molecule has 28 heavy (non-hydrogen) atoms. The van der Waals surface area contributed by atoms with E-state index in [0.717, 1.165) is 23.0 Å². The number of nitrogens with one attached hydrogen (secondary N) is 1. The van der Waals surface area contributed by atoms with E-state index < -0.39 is 11.7 Å². The molecule has 0 spiro atoms. The van der Waals surface area contributed by atoms with Gasteiger partial charge < -0.3 is 18.9 Å². The van der Waals surface area contributed by atoms with Gasteiger partial charge in [-0.25, -0.2) is 0 Å². The van der Waals surface area contributed by atoms with E-state index in [4.69, 9.17) is 13.9 Å². The number of hydrogen-bond acceptors (Lipinski definition) is 5. The number of fused-ring (bicyclic) bond motifs is 1. The Hall–Kier alpha value is -3.49. The number of rotatable bonds is 4. The summed E-state index contributed by atoms with van der Waals surface area (Å²) in [5.74, 6) is 1.33. The van der Waals surface area contributed by atoms with Crippen molar-refractivity contribution in [2.75, 3.05) is 14.2 Å². The molecule has 0 bridgehead atoms. The van der Waals surface area contributed by atoms with Crippen molar-refractivity contribution in [3.63, 3.8) is 0 Å². The van der Waals surface area contributed by atoms with Crippen LogP contribution in [0.3, 0.4) is 0 Å². The molecule has 4 aromatic rings. The zero-order valence-corrected chi connectivity index (χ0v) is 14.8. The van der Waals surface area contributed by atoms with Gasteiger partial charge in [0.15, 0.2) is 0 Å². The first-order valence-corrected chi connectivity index (χ1v) is 8.15. The molecule has 4 rings (SSSR count). The summed E-state index contributed by atoms with van der Waals surface area (Å²) >= 11 is 0. The Bertz CT molecular complexity index is 1150. The van der Waals surface area contributed by atoms with E-state index in [9.17, 15) is 13.2 Å². The molecule has 9 heteroatoms. The van der Waals surface area contributed by atoms with E-state index in [1.54, 1.807) is 32.4 Å². The summed E-state index contributed by atoms with van der Waals surface area (Å²) < 4.78 is 54.9. The number of aromatic amines is 1. The molecular weight excluding hydrogens is 375 g/mol. The third-order valence-corrected chi connectivity index (χ3v) is 4.22. The molecule has 0 unspecified atom stereocenters. The van der Waals surface area contributed by atoms with Crippen LogP contribution in [0.25, 0.3) is 33.9 Å². The van der Waals surface area contributed by atoms with Gasteiger partial charge in [-0.3, -0.25) is 0 Å². The Morgan fingerprint density at radius 1 is 0.964 bits per heavy atom. The Morgan fingerprint density at radius 3 is 2.46 bits per heavy atom. The second-order valence-corrected chi connectivity index (χ2v) is 5.96. The van der Waals surface area contributed by atoms with Gasteiger partial charge in [-0.05, 0) is 24.3 Å². The number of aromatic nitrogens is 3. The van der Waals surface area contributed by atoms with Crippen LogP contribution in [0, 0.1) is 0 Å². The van der Waals surface area contributed by atoms with Crippen molar-refractivity contribution in [1.29, 1.82) is 0 Å². The van der Waals surface area contributed by atoms with Gasteiger partial charge in [0.25, 0.3) is 5.89 Å². The van der Waals surface area contributed by atoms with Gasteiger partial charge in [0.2, 0.25) is 5.89 Å². The van der Waals surface area contributed by atoms with Crippen LogP contribution < -0.4 is 9.47 Å². The smallest absolute Gasteiger partial charge is 0.416 e. The average Bonchev–Trinajstić information content (AvgIpc) is 3.33. The Kier molecular flexibility index (Phi) is 4.21. The van der Waals surface area contributed by atoms with E-state index in [-0.39, 0.29) is 17.3 Å². The molecule has 0 amide bonds. The lowest BCUT2D eigenvalue weighted by Crippen LogP contribution is -2.04. The lowest BCUT2D eigenvalue weighted by Gasteiger charge is -2.06. The topological polar surface area (TPSA) is 73.2 Å². The van der Waals surface area contributed by atoms with Gasteiger partial charge in [0, 0.05) is 23.1 Å². The maximum Gasteiger partial charge on any atom is 0.416 e. The van der Waals surface area contributed by atoms with Crippen molar-refractivity contribution in [2.24, 2.45) is 0 Å². The SMILES string of the molecule is COc1cc(OC)c2cc(-c3nnc(-c4cccc(C(F)(F)F)c4)o3)[nH]c2c1. The van der Waals surface area contributed by atoms with Crippen molar-refractivity contribution < 1.29 is 27.1 Å². The molecule has 2 aromatic heterocycles. The van der Waals surface area contributed by atoms with E-state index in [1.807, 2.05) is 0 Å². The number of methoxy groups -OCH3 is 2. The fraction of sp³-hybridized carbons (Fsp3) is 0.158. The van der Waals surface area contributed by atoms with Crippen LogP contribution in [-0.4, -0.2) is 29.4 Å². The van der Waals surface area contributed by atoms with Crippen LogP contribution >= 0.6 is 0 Å². The zero-order chi connectivity index (χ0) is 19.9. The number of halogens is 3. The summed E-state index contributed by atoms with van der Waals surface area (Å²) in [4.78, 5) is 3.13. The molecule has 0 radical (unpaired) electrons. The maximum absolute atomic E-state index is 12.9. The number of alkyl halides is 3. The lowest BCUT2D eigenvalue weighted by atomic mass is 10.1. The van der Waals surface area contributed by atoms with Crippen LogP contribution in [0.1, 0.15) is 5.56 Å². The van der Waals surface area contributed by atoms with E-state index >= 15 is 0 Å². The van der Waals surface area contributed by atoms with Crippen LogP contribution in [0.2, 0.25) is 0 Å². The first kappa shape index (κ1) is 17.9. The summed E-state index contributed by atoms with van der Waals surface area (Å²) in [5, 5.41) is 8.59. The first-order chi connectivity index (χ1) is 13.4. The molecule has 0 aliphatic heterocycles. The van der Waals surface area contributed by atoms with Crippen molar-refractivity contribution in [2.45, 2.75) is 6.18 Å². The zero-order valence-electron chi connectivity index (χ0n) is 14.8. The van der Waals surface area contributed by atoms with E-state index in [2.05, 4.69) is 15.2 Å². The normalized spacial score (nSPS) is 11.8. The minimum absolute atomic E-state index is 0.00991. The monoisotopic (exact) mass is 389 g/mol. The Labute approximate surface area is 156 Å². The van der Waals surface area contributed by atoms with Crippen molar-refractivity contribution >= 4 is 10.9 Å². The lowest BCUT2D eigenvalue weighted by molar-refractivity contribution is -0.137. The van der Waals surface area contributed by atoms with Crippen LogP contribution in [0.15, 0.2) is 46.9 Å². The predicted octanol–water partition coefficient (Wildman–Crippen LogP) is 4.92. The van der Waals surface area contributed by atoms with Crippen molar-refractivity contribution in [3.8, 4) is 34.5 Å². The Balaban J connectivity index is 1.74. The van der Waals surface area contributed by atoms with Gasteiger partial charge >= 0.3 is 6.18 Å². The van der Waals surface area contributed by atoms with Crippen LogP contribution in [-0.2, 0) is 6.18 Å². The predicted molar refractivity (Wildman–Crippen MR) is 95.1 cm³/mol.